The number of amides is 1. The fourth-order valence-corrected chi connectivity index (χ4v) is 5.54. The van der Waals surface area contributed by atoms with Crippen LogP contribution in [0.4, 0.5) is 0 Å². The lowest BCUT2D eigenvalue weighted by Gasteiger charge is -2.34. The van der Waals surface area contributed by atoms with Crippen LogP contribution >= 0.6 is 0 Å². The zero-order valence-electron chi connectivity index (χ0n) is 19.7. The summed E-state index contributed by atoms with van der Waals surface area (Å²) in [5.74, 6) is 0.949. The summed E-state index contributed by atoms with van der Waals surface area (Å²) in [6.07, 6.45) is 0.498. The van der Waals surface area contributed by atoms with Crippen molar-refractivity contribution in [2.24, 2.45) is 5.92 Å². The van der Waals surface area contributed by atoms with Gasteiger partial charge in [-0.15, -0.1) is 0 Å². The van der Waals surface area contributed by atoms with Gasteiger partial charge in [-0.3, -0.25) is 9.69 Å². The van der Waals surface area contributed by atoms with E-state index in [0.717, 1.165) is 11.1 Å². The van der Waals surface area contributed by atoms with Gasteiger partial charge in [-0.25, -0.2) is 8.42 Å². The Balaban J connectivity index is 1.78. The number of hydrogen-bond acceptors (Lipinski definition) is 6. The molecule has 1 aliphatic rings. The summed E-state index contributed by atoms with van der Waals surface area (Å²) in [5.41, 5.74) is 2.27. The van der Waals surface area contributed by atoms with Crippen LogP contribution in [0.15, 0.2) is 41.3 Å². The number of rotatable bonds is 7. The Hall–Kier alpha value is -2.89. The Kier molecular flexibility index (Phi) is 7.77. The van der Waals surface area contributed by atoms with Gasteiger partial charge in [-0.1, -0.05) is 19.9 Å². The van der Waals surface area contributed by atoms with Crippen LogP contribution in [-0.4, -0.2) is 56.2 Å². The third-order valence-corrected chi connectivity index (χ3v) is 7.19. The molecule has 1 saturated heterocycles. The van der Waals surface area contributed by atoms with E-state index >= 15 is 0 Å². The second kappa shape index (κ2) is 10.4. The van der Waals surface area contributed by atoms with E-state index in [2.05, 4.69) is 0 Å². The number of benzene rings is 2. The molecule has 0 atom stereocenters. The first-order valence-corrected chi connectivity index (χ1v) is 12.8. The predicted octanol–water partition coefficient (Wildman–Crippen LogP) is 3.89. The lowest BCUT2D eigenvalue weighted by molar-refractivity contribution is -0.133. The Morgan fingerprint density at radius 3 is 2.27 bits per heavy atom. The number of ether oxygens (including phenoxy) is 1. The van der Waals surface area contributed by atoms with Gasteiger partial charge in [0.15, 0.2) is 9.84 Å². The third-order valence-electron chi connectivity index (χ3n) is 5.49. The Bertz CT molecular complexity index is 1140. The molecule has 176 valence electrons. The third kappa shape index (κ3) is 6.56. The lowest BCUT2D eigenvalue weighted by Crippen LogP contribution is -2.50. The van der Waals surface area contributed by atoms with Crippen molar-refractivity contribution in [3.63, 3.8) is 0 Å². The van der Waals surface area contributed by atoms with Crippen LogP contribution in [0.2, 0.25) is 0 Å². The van der Waals surface area contributed by atoms with Gasteiger partial charge in [0, 0.05) is 32.6 Å². The van der Waals surface area contributed by atoms with Gasteiger partial charge in [0.25, 0.3) is 0 Å². The minimum absolute atomic E-state index is 0.000905. The Morgan fingerprint density at radius 1 is 1.06 bits per heavy atom. The van der Waals surface area contributed by atoms with Crippen molar-refractivity contribution in [2.45, 2.75) is 39.0 Å². The average molecular weight is 470 g/mol. The summed E-state index contributed by atoms with van der Waals surface area (Å²) in [7, 11) is -3.77. The first-order valence-electron chi connectivity index (χ1n) is 11.1. The monoisotopic (exact) mass is 469 g/mol. The number of sulfone groups is 1. The topological polar surface area (TPSA) is 90.7 Å². The second-order valence-corrected chi connectivity index (χ2v) is 11.0. The fraction of sp³-hybridized carbons (Fsp3) is 0.440. The predicted molar refractivity (Wildman–Crippen MR) is 127 cm³/mol. The summed E-state index contributed by atoms with van der Waals surface area (Å²) in [5, 5.41) is 9.31. The number of nitrogens with zero attached hydrogens (tertiary/aromatic N) is 3. The maximum absolute atomic E-state index is 13.4. The average Bonchev–Trinajstić information content (AvgIpc) is 2.73. The molecular weight excluding hydrogens is 438 g/mol. The molecule has 8 heteroatoms. The largest absolute Gasteiger partial charge is 0.456 e. The zero-order chi connectivity index (χ0) is 24.2. The van der Waals surface area contributed by atoms with E-state index < -0.39 is 9.84 Å². The molecule has 7 nitrogen and oxygen atoms in total. The highest BCUT2D eigenvalue weighted by molar-refractivity contribution is 7.91. The molecule has 0 bridgehead atoms. The van der Waals surface area contributed by atoms with Gasteiger partial charge in [0.2, 0.25) is 5.91 Å². The standard InChI is InChI=1S/C25H31N3O4S/c1-18(2)11-25(29)28-9-7-27(8-10-28)17-33(30,31)24-15-21(16-26)5-6-23(24)32-22-13-19(3)12-20(4)14-22/h5-6,12-15,18H,7-11,17H2,1-4H3. The van der Waals surface area contributed by atoms with Gasteiger partial charge in [0.05, 0.1) is 11.6 Å². The fourth-order valence-electron chi connectivity index (χ4n) is 3.94. The smallest absolute Gasteiger partial charge is 0.222 e. The molecule has 0 aliphatic carbocycles. The molecule has 1 amide bonds. The normalized spacial score (nSPS) is 14.8. The molecule has 3 rings (SSSR count). The number of carbonyl (C=O) groups is 1. The van der Waals surface area contributed by atoms with Gasteiger partial charge in [-0.05, 0) is 61.2 Å². The second-order valence-electron chi connectivity index (χ2n) is 9.04. The van der Waals surface area contributed by atoms with E-state index in [1.165, 1.54) is 12.1 Å². The number of piperazine rings is 1. The van der Waals surface area contributed by atoms with Gasteiger partial charge in [-0.2, -0.15) is 5.26 Å². The molecular formula is C25H31N3O4S. The highest BCUT2D eigenvalue weighted by Gasteiger charge is 2.28. The first kappa shape index (κ1) is 24.7. The van der Waals surface area contributed by atoms with Crippen molar-refractivity contribution in [1.82, 2.24) is 9.80 Å². The van der Waals surface area contributed by atoms with E-state index in [0.29, 0.717) is 44.3 Å². The van der Waals surface area contributed by atoms with Crippen molar-refractivity contribution in [3.8, 4) is 17.6 Å². The molecule has 0 aromatic heterocycles. The number of hydrogen-bond donors (Lipinski definition) is 0. The Morgan fingerprint density at radius 2 is 1.70 bits per heavy atom. The SMILES string of the molecule is Cc1cc(C)cc(Oc2ccc(C#N)cc2S(=O)(=O)CN2CCN(C(=O)CC(C)C)CC2)c1. The molecule has 0 radical (unpaired) electrons. The van der Waals surface area contributed by atoms with Gasteiger partial charge >= 0.3 is 0 Å². The van der Waals surface area contributed by atoms with Crippen LogP contribution in [0, 0.1) is 31.1 Å². The van der Waals surface area contributed by atoms with Crippen molar-refractivity contribution in [3.05, 3.63) is 53.1 Å². The summed E-state index contributed by atoms with van der Waals surface area (Å²) in [6, 6.07) is 12.2. The Labute approximate surface area is 196 Å². The quantitative estimate of drug-likeness (QED) is 0.611. The molecule has 2 aromatic rings. The minimum atomic E-state index is -3.77. The van der Waals surface area contributed by atoms with Crippen LogP contribution in [0.3, 0.4) is 0 Å². The van der Waals surface area contributed by atoms with E-state index in [9.17, 15) is 18.5 Å². The molecule has 0 N–H and O–H groups in total. The molecule has 1 aliphatic heterocycles. The number of nitriles is 1. The van der Waals surface area contributed by atoms with Crippen molar-refractivity contribution < 1.29 is 17.9 Å². The summed E-state index contributed by atoms with van der Waals surface area (Å²) < 4.78 is 32.7. The van der Waals surface area contributed by atoms with Crippen LogP contribution < -0.4 is 4.74 Å². The molecule has 0 spiro atoms. The summed E-state index contributed by atoms with van der Waals surface area (Å²) in [6.45, 7) is 9.88. The maximum Gasteiger partial charge on any atom is 0.222 e. The highest BCUT2D eigenvalue weighted by atomic mass is 32.2. The molecule has 33 heavy (non-hydrogen) atoms. The highest BCUT2D eigenvalue weighted by Crippen LogP contribution is 2.32. The summed E-state index contributed by atoms with van der Waals surface area (Å²) in [4.78, 5) is 15.9. The van der Waals surface area contributed by atoms with Crippen LogP contribution in [0.5, 0.6) is 11.5 Å². The molecule has 0 saturated carbocycles. The van der Waals surface area contributed by atoms with E-state index in [1.807, 2.05) is 56.9 Å². The first-order chi connectivity index (χ1) is 15.6. The van der Waals surface area contributed by atoms with E-state index in [1.54, 1.807) is 11.0 Å². The lowest BCUT2D eigenvalue weighted by atomic mass is 10.1. The van der Waals surface area contributed by atoms with Crippen molar-refractivity contribution >= 4 is 15.7 Å². The molecule has 1 heterocycles. The number of carbonyl (C=O) groups excluding carboxylic acids is 1. The maximum atomic E-state index is 13.4. The molecule has 1 fully saturated rings. The van der Waals surface area contributed by atoms with E-state index in [4.69, 9.17) is 4.74 Å². The van der Waals surface area contributed by atoms with Crippen molar-refractivity contribution in [1.29, 1.82) is 5.26 Å². The van der Waals surface area contributed by atoms with Gasteiger partial charge < -0.3 is 9.64 Å². The van der Waals surface area contributed by atoms with E-state index in [-0.39, 0.29) is 28.0 Å². The van der Waals surface area contributed by atoms with Crippen LogP contribution in [0.1, 0.15) is 37.0 Å². The minimum Gasteiger partial charge on any atom is -0.456 e. The molecule has 0 unspecified atom stereocenters. The van der Waals surface area contributed by atoms with Crippen LogP contribution in [-0.2, 0) is 14.6 Å². The van der Waals surface area contributed by atoms with Gasteiger partial charge in [0.1, 0.15) is 22.3 Å². The summed E-state index contributed by atoms with van der Waals surface area (Å²) >= 11 is 0. The number of aryl methyl sites for hydroxylation is 2. The van der Waals surface area contributed by atoms with Crippen molar-refractivity contribution in [2.75, 3.05) is 32.1 Å². The van der Waals surface area contributed by atoms with Crippen LogP contribution in [0.25, 0.3) is 0 Å². The molecule has 2 aromatic carbocycles. The zero-order valence-corrected chi connectivity index (χ0v) is 20.5.